The van der Waals surface area contributed by atoms with Crippen LogP contribution in [-0.2, 0) is 0 Å². The van der Waals surface area contributed by atoms with Crippen LogP contribution in [0.15, 0.2) is 53.4 Å². The van der Waals surface area contributed by atoms with Gasteiger partial charge in [0.1, 0.15) is 17.5 Å². The van der Waals surface area contributed by atoms with E-state index in [4.69, 9.17) is 4.99 Å². The van der Waals surface area contributed by atoms with E-state index in [1.54, 1.807) is 12.1 Å². The lowest BCUT2D eigenvalue weighted by Crippen LogP contribution is -2.39. The zero-order valence-corrected chi connectivity index (χ0v) is 13.9. The van der Waals surface area contributed by atoms with Crippen LogP contribution in [0.4, 0.5) is 4.39 Å². The highest BCUT2D eigenvalue weighted by Crippen LogP contribution is 2.37. The molecule has 3 heterocycles. The Balaban J connectivity index is 1.42. The molecule has 2 fully saturated rings. The van der Waals surface area contributed by atoms with Crippen LogP contribution >= 0.6 is 0 Å². The molecule has 0 spiro atoms. The van der Waals surface area contributed by atoms with Gasteiger partial charge in [0.15, 0.2) is 0 Å². The molecule has 1 aliphatic carbocycles. The van der Waals surface area contributed by atoms with Gasteiger partial charge in [0, 0.05) is 25.3 Å². The van der Waals surface area contributed by atoms with E-state index in [1.165, 1.54) is 18.9 Å². The largest absolute Gasteiger partial charge is 0.391 e. The highest BCUT2D eigenvalue weighted by molar-refractivity contribution is 5.95. The predicted molar refractivity (Wildman–Crippen MR) is 92.7 cm³/mol. The third-order valence-corrected chi connectivity index (χ3v) is 5.34. The van der Waals surface area contributed by atoms with Gasteiger partial charge in [-0.3, -0.25) is 5.01 Å². The van der Waals surface area contributed by atoms with Crippen LogP contribution in [0.5, 0.6) is 0 Å². The van der Waals surface area contributed by atoms with Gasteiger partial charge in [-0.05, 0) is 49.1 Å². The van der Waals surface area contributed by atoms with Crippen LogP contribution in [0.3, 0.4) is 0 Å². The number of aliphatic imine (C=N–C) groups is 1. The Kier molecular flexibility index (Phi) is 3.43. The summed E-state index contributed by atoms with van der Waals surface area (Å²) >= 11 is 0. The molecule has 0 radical (unpaired) electrons. The fourth-order valence-electron chi connectivity index (χ4n) is 3.99. The van der Waals surface area contributed by atoms with Crippen molar-refractivity contribution in [3.05, 3.63) is 59.8 Å². The van der Waals surface area contributed by atoms with Gasteiger partial charge in [-0.25, -0.2) is 14.4 Å². The molecule has 2 atom stereocenters. The van der Waals surface area contributed by atoms with Crippen molar-refractivity contribution in [1.29, 1.82) is 0 Å². The molecule has 1 aromatic carbocycles. The maximum absolute atomic E-state index is 13.6. The lowest BCUT2D eigenvalue weighted by molar-refractivity contribution is 0.0786. The summed E-state index contributed by atoms with van der Waals surface area (Å²) in [4.78, 5) is 6.91. The van der Waals surface area contributed by atoms with Crippen molar-refractivity contribution in [2.24, 2.45) is 4.99 Å². The molecule has 1 N–H and O–H groups in total. The summed E-state index contributed by atoms with van der Waals surface area (Å²) in [6.07, 6.45) is 8.88. The monoisotopic (exact) mass is 340 g/mol. The molecule has 4 aliphatic rings. The van der Waals surface area contributed by atoms with Crippen molar-refractivity contribution < 1.29 is 9.50 Å². The van der Waals surface area contributed by atoms with Crippen LogP contribution in [0.25, 0.3) is 0 Å². The number of fused-ring (bicyclic) bond motifs is 1. The number of amidine groups is 1. The Hall–Kier alpha value is -2.18. The minimum absolute atomic E-state index is 0.0535. The number of hydrogen-bond acceptors (Lipinski definition) is 5. The minimum Gasteiger partial charge on any atom is -0.391 e. The first-order valence-corrected chi connectivity index (χ1v) is 8.92. The Morgan fingerprint density at radius 3 is 2.92 bits per heavy atom. The third kappa shape index (κ3) is 2.65. The zero-order chi connectivity index (χ0) is 17.0. The molecule has 0 amide bonds. The molecule has 5 rings (SSSR count). The van der Waals surface area contributed by atoms with Gasteiger partial charge in [-0.1, -0.05) is 12.1 Å². The summed E-state index contributed by atoms with van der Waals surface area (Å²) < 4.78 is 13.6. The van der Waals surface area contributed by atoms with Crippen molar-refractivity contribution >= 4 is 5.84 Å². The van der Waals surface area contributed by atoms with Crippen molar-refractivity contribution in [3.63, 3.8) is 0 Å². The van der Waals surface area contributed by atoms with Crippen LogP contribution in [0.1, 0.15) is 30.9 Å². The first kappa shape index (κ1) is 15.1. The number of hydrogen-bond donors (Lipinski definition) is 1. The molecule has 130 valence electrons. The summed E-state index contributed by atoms with van der Waals surface area (Å²) in [5.41, 5.74) is 0.884. The number of nitrogens with zero attached hydrogens (tertiary/aromatic N) is 4. The molecule has 1 saturated carbocycles. The van der Waals surface area contributed by atoms with Crippen LogP contribution in [-0.4, -0.2) is 51.1 Å². The molecule has 0 bridgehead atoms. The number of hydrazine groups is 1. The van der Waals surface area contributed by atoms with E-state index in [9.17, 15) is 9.50 Å². The number of benzene rings is 1. The Morgan fingerprint density at radius 2 is 2.12 bits per heavy atom. The summed E-state index contributed by atoms with van der Waals surface area (Å²) in [7, 11) is 0. The van der Waals surface area contributed by atoms with Crippen LogP contribution in [0, 0.1) is 5.82 Å². The van der Waals surface area contributed by atoms with E-state index >= 15 is 0 Å². The van der Waals surface area contributed by atoms with Gasteiger partial charge >= 0.3 is 0 Å². The third-order valence-electron chi connectivity index (χ3n) is 5.34. The second kappa shape index (κ2) is 5.68. The Labute approximate surface area is 146 Å². The standard InChI is InChI=1S/C19H21FN4O/c20-14-3-1-2-13(10-14)17-11-16(25)12-22(17)18-6-9-24-19(21-18)7-8-23(24)15-4-5-15/h1-3,6-7,9-10,15-17,25H,4-5,8,11-12H2/t16-,17-/m1/s1. The van der Waals surface area contributed by atoms with Gasteiger partial charge in [0.05, 0.1) is 12.1 Å². The second-order valence-electron chi connectivity index (χ2n) is 7.16. The minimum atomic E-state index is -0.428. The highest BCUT2D eigenvalue weighted by atomic mass is 19.1. The zero-order valence-electron chi connectivity index (χ0n) is 13.9. The van der Waals surface area contributed by atoms with E-state index in [1.807, 2.05) is 12.1 Å². The fraction of sp³-hybridized carbons (Fsp3) is 0.421. The van der Waals surface area contributed by atoms with Gasteiger partial charge < -0.3 is 10.0 Å². The molecular weight excluding hydrogens is 319 g/mol. The Bertz CT molecular complexity index is 785. The summed E-state index contributed by atoms with van der Waals surface area (Å²) in [5.74, 6) is 1.54. The van der Waals surface area contributed by atoms with E-state index in [0.717, 1.165) is 23.8 Å². The van der Waals surface area contributed by atoms with E-state index in [0.29, 0.717) is 19.0 Å². The van der Waals surface area contributed by atoms with Crippen LogP contribution in [0.2, 0.25) is 0 Å². The number of likely N-dealkylation sites (tertiary alicyclic amines) is 1. The molecular formula is C19H21FN4O. The second-order valence-corrected chi connectivity index (χ2v) is 7.16. The maximum Gasteiger partial charge on any atom is 0.146 e. The first-order valence-electron chi connectivity index (χ1n) is 8.92. The maximum atomic E-state index is 13.6. The number of aliphatic hydroxyl groups excluding tert-OH is 1. The topological polar surface area (TPSA) is 42.3 Å². The summed E-state index contributed by atoms with van der Waals surface area (Å²) in [6.45, 7) is 1.42. The lowest BCUT2D eigenvalue weighted by Gasteiger charge is -2.33. The van der Waals surface area contributed by atoms with E-state index in [2.05, 4.69) is 27.2 Å². The number of rotatable bonds is 2. The molecule has 3 aliphatic heterocycles. The normalized spacial score (nSPS) is 29.0. The predicted octanol–water partition coefficient (Wildman–Crippen LogP) is 2.40. The summed E-state index contributed by atoms with van der Waals surface area (Å²) in [5, 5.41) is 14.7. The smallest absolute Gasteiger partial charge is 0.146 e. The van der Waals surface area contributed by atoms with Crippen molar-refractivity contribution in [2.75, 3.05) is 13.1 Å². The molecule has 5 nitrogen and oxygen atoms in total. The molecule has 25 heavy (non-hydrogen) atoms. The average molecular weight is 340 g/mol. The van der Waals surface area contributed by atoms with Gasteiger partial charge in [-0.15, -0.1) is 0 Å². The SMILES string of the molecule is O[C@@H]1C[C@H](c2cccc(F)c2)N(C2=NC3=CCN(C4CC4)N3C=C2)C1. The van der Waals surface area contributed by atoms with Gasteiger partial charge in [-0.2, -0.15) is 0 Å². The highest BCUT2D eigenvalue weighted by Gasteiger charge is 2.39. The molecule has 1 saturated heterocycles. The van der Waals surface area contributed by atoms with Crippen molar-refractivity contribution in [2.45, 2.75) is 37.5 Å². The van der Waals surface area contributed by atoms with Gasteiger partial charge in [0.25, 0.3) is 0 Å². The van der Waals surface area contributed by atoms with Gasteiger partial charge in [0.2, 0.25) is 0 Å². The Morgan fingerprint density at radius 1 is 1.24 bits per heavy atom. The molecule has 0 unspecified atom stereocenters. The first-order chi connectivity index (χ1) is 12.2. The van der Waals surface area contributed by atoms with Crippen LogP contribution < -0.4 is 0 Å². The molecule has 0 aromatic heterocycles. The lowest BCUT2D eigenvalue weighted by atomic mass is 10.0. The number of β-amino-alcohol motifs (C(OH)–C–C–N with tert-alkyl or cyclic N) is 1. The molecule has 1 aromatic rings. The van der Waals surface area contributed by atoms with Crippen molar-refractivity contribution in [3.8, 4) is 0 Å². The quantitative estimate of drug-likeness (QED) is 0.898. The fourth-order valence-corrected chi connectivity index (χ4v) is 3.99. The number of aliphatic hydroxyl groups is 1. The van der Waals surface area contributed by atoms with E-state index in [-0.39, 0.29) is 11.9 Å². The number of halogens is 1. The van der Waals surface area contributed by atoms with E-state index < -0.39 is 6.10 Å². The van der Waals surface area contributed by atoms with Crippen molar-refractivity contribution in [1.82, 2.24) is 14.9 Å². The molecule has 6 heteroatoms. The summed E-state index contributed by atoms with van der Waals surface area (Å²) in [6, 6.07) is 7.23. The average Bonchev–Trinajstić information content (AvgIpc) is 3.24.